The first kappa shape index (κ1) is 13.3. The number of benzene rings is 2. The van der Waals surface area contributed by atoms with Gasteiger partial charge in [-0.1, -0.05) is 40.9 Å². The average molecular weight is 303 g/mol. The van der Waals surface area contributed by atoms with Crippen molar-refractivity contribution in [3.63, 3.8) is 0 Å². The fourth-order valence-electron chi connectivity index (χ4n) is 1.52. The third kappa shape index (κ3) is 3.02. The topological polar surface area (TPSA) is 32.3 Å². The fourth-order valence-corrected chi connectivity index (χ4v) is 2.05. The van der Waals surface area contributed by atoms with E-state index >= 15 is 0 Å². The molecule has 94 valence electrons. The third-order valence-electron chi connectivity index (χ3n) is 2.48. The van der Waals surface area contributed by atoms with Crippen LogP contribution in [0.15, 0.2) is 36.4 Å². The lowest BCUT2D eigenvalue weighted by atomic mass is 10.2. The van der Waals surface area contributed by atoms with Gasteiger partial charge in [0.2, 0.25) is 0 Å². The van der Waals surface area contributed by atoms with Gasteiger partial charge in [-0.15, -0.1) is 0 Å². The summed E-state index contributed by atoms with van der Waals surface area (Å²) in [6.45, 7) is 0.406. The molecule has 5 heteroatoms. The molecular weight excluding hydrogens is 293 g/mol. The van der Waals surface area contributed by atoms with Crippen LogP contribution in [-0.2, 0) is 6.54 Å². The monoisotopic (exact) mass is 301 g/mol. The molecule has 0 fully saturated rings. The maximum Gasteiger partial charge on any atom is 0.122 e. The van der Waals surface area contributed by atoms with Gasteiger partial charge in [0.25, 0.3) is 0 Å². The smallest absolute Gasteiger partial charge is 0.122 e. The Labute approximate surface area is 120 Å². The van der Waals surface area contributed by atoms with E-state index in [4.69, 9.17) is 34.8 Å². The van der Waals surface area contributed by atoms with Crippen molar-refractivity contribution in [1.82, 2.24) is 0 Å². The number of hydrogen-bond donors (Lipinski definition) is 2. The Kier molecular flexibility index (Phi) is 4.23. The Morgan fingerprint density at radius 1 is 0.944 bits per heavy atom. The second-order valence-corrected chi connectivity index (χ2v) is 4.94. The quantitative estimate of drug-likeness (QED) is 0.839. The Bertz CT molecular complexity index is 552. The van der Waals surface area contributed by atoms with E-state index in [1.165, 1.54) is 0 Å². The van der Waals surface area contributed by atoms with Gasteiger partial charge in [-0.2, -0.15) is 0 Å². The first-order chi connectivity index (χ1) is 8.58. The zero-order valence-corrected chi connectivity index (χ0v) is 11.5. The number of phenolic OH excluding ortho intramolecular Hbond substituents is 1. The average Bonchev–Trinajstić information content (AvgIpc) is 2.33. The second-order valence-electron chi connectivity index (χ2n) is 3.72. The third-order valence-corrected chi connectivity index (χ3v) is 3.58. The van der Waals surface area contributed by atoms with Crippen molar-refractivity contribution in [1.29, 1.82) is 0 Å². The zero-order valence-electron chi connectivity index (χ0n) is 9.25. The van der Waals surface area contributed by atoms with Crippen LogP contribution in [0.5, 0.6) is 5.75 Å². The molecule has 0 atom stereocenters. The molecule has 0 heterocycles. The van der Waals surface area contributed by atoms with Crippen LogP contribution in [0, 0.1) is 0 Å². The van der Waals surface area contributed by atoms with Gasteiger partial charge in [-0.3, -0.25) is 0 Å². The molecule has 0 saturated carbocycles. The standard InChI is InChI=1S/C13H10Cl3NO/c14-10-2-1-3-13(18)9(10)7-17-8-4-5-11(15)12(16)6-8/h1-6,17-18H,7H2. The first-order valence-corrected chi connectivity index (χ1v) is 6.36. The Hall–Kier alpha value is -1.09. The van der Waals surface area contributed by atoms with Crippen LogP contribution in [0.25, 0.3) is 0 Å². The summed E-state index contributed by atoms with van der Waals surface area (Å²) in [6, 6.07) is 10.3. The van der Waals surface area contributed by atoms with Crippen LogP contribution in [0.2, 0.25) is 15.1 Å². The number of aromatic hydroxyl groups is 1. The van der Waals surface area contributed by atoms with Crippen LogP contribution in [0.1, 0.15) is 5.56 Å². The summed E-state index contributed by atoms with van der Waals surface area (Å²) in [4.78, 5) is 0. The molecule has 2 aromatic carbocycles. The summed E-state index contributed by atoms with van der Waals surface area (Å²) in [5.74, 6) is 0.162. The molecule has 2 rings (SSSR count). The first-order valence-electron chi connectivity index (χ1n) is 5.23. The SMILES string of the molecule is Oc1cccc(Cl)c1CNc1ccc(Cl)c(Cl)c1. The zero-order chi connectivity index (χ0) is 13.1. The maximum absolute atomic E-state index is 9.70. The minimum Gasteiger partial charge on any atom is -0.508 e. The van der Waals surface area contributed by atoms with Crippen LogP contribution in [-0.4, -0.2) is 5.11 Å². The van der Waals surface area contributed by atoms with E-state index in [2.05, 4.69) is 5.32 Å². The summed E-state index contributed by atoms with van der Waals surface area (Å²) in [7, 11) is 0. The Balaban J connectivity index is 2.14. The highest BCUT2D eigenvalue weighted by Gasteiger charge is 2.06. The normalized spacial score (nSPS) is 10.4. The minimum absolute atomic E-state index is 0.162. The van der Waals surface area contributed by atoms with Crippen LogP contribution in [0.4, 0.5) is 5.69 Å². The van der Waals surface area contributed by atoms with E-state index in [1.54, 1.807) is 30.3 Å². The highest BCUT2D eigenvalue weighted by Crippen LogP contribution is 2.28. The molecule has 0 radical (unpaired) electrons. The minimum atomic E-state index is 0.162. The van der Waals surface area contributed by atoms with Crippen molar-refractivity contribution in [2.24, 2.45) is 0 Å². The molecule has 0 aliphatic heterocycles. The maximum atomic E-state index is 9.70. The number of nitrogens with one attached hydrogen (secondary N) is 1. The van der Waals surface area contributed by atoms with Crippen LogP contribution >= 0.6 is 34.8 Å². The van der Waals surface area contributed by atoms with Gasteiger partial charge in [-0.25, -0.2) is 0 Å². The molecule has 0 aromatic heterocycles. The van der Waals surface area contributed by atoms with E-state index < -0.39 is 0 Å². The van der Waals surface area contributed by atoms with Crippen LogP contribution in [0.3, 0.4) is 0 Å². The largest absolute Gasteiger partial charge is 0.508 e. The molecule has 2 nitrogen and oxygen atoms in total. The van der Waals surface area contributed by atoms with Crippen molar-refractivity contribution in [2.45, 2.75) is 6.54 Å². The van der Waals surface area contributed by atoms with Crippen molar-refractivity contribution in [3.05, 3.63) is 57.0 Å². The molecule has 0 unspecified atom stereocenters. The molecule has 0 amide bonds. The van der Waals surface area contributed by atoms with Gasteiger partial charge in [-0.05, 0) is 30.3 Å². The predicted octanol–water partition coefficient (Wildman–Crippen LogP) is 4.96. The molecular formula is C13H10Cl3NO. The van der Waals surface area contributed by atoms with Gasteiger partial charge in [0.1, 0.15) is 5.75 Å². The van der Waals surface area contributed by atoms with Crippen molar-refractivity contribution in [3.8, 4) is 5.75 Å². The van der Waals surface area contributed by atoms with Crippen molar-refractivity contribution < 1.29 is 5.11 Å². The Morgan fingerprint density at radius 3 is 2.39 bits per heavy atom. The highest BCUT2D eigenvalue weighted by atomic mass is 35.5. The molecule has 0 aliphatic rings. The summed E-state index contributed by atoms with van der Waals surface area (Å²) in [6.07, 6.45) is 0. The van der Waals surface area contributed by atoms with E-state index in [9.17, 15) is 5.11 Å². The summed E-state index contributed by atoms with van der Waals surface area (Å²) in [5, 5.41) is 14.3. The van der Waals surface area contributed by atoms with Gasteiger partial charge >= 0.3 is 0 Å². The molecule has 2 N–H and O–H groups in total. The lowest BCUT2D eigenvalue weighted by Crippen LogP contribution is -2.00. The van der Waals surface area contributed by atoms with E-state index in [0.29, 0.717) is 27.2 Å². The lowest BCUT2D eigenvalue weighted by Gasteiger charge is -2.10. The van der Waals surface area contributed by atoms with E-state index in [0.717, 1.165) is 5.69 Å². The molecule has 18 heavy (non-hydrogen) atoms. The van der Waals surface area contributed by atoms with Gasteiger partial charge in [0, 0.05) is 22.8 Å². The van der Waals surface area contributed by atoms with E-state index in [-0.39, 0.29) is 5.75 Å². The second kappa shape index (κ2) is 5.70. The summed E-state index contributed by atoms with van der Waals surface area (Å²) >= 11 is 17.7. The molecule has 0 aliphatic carbocycles. The van der Waals surface area contributed by atoms with Crippen molar-refractivity contribution >= 4 is 40.5 Å². The lowest BCUT2D eigenvalue weighted by molar-refractivity contribution is 0.469. The number of anilines is 1. The van der Waals surface area contributed by atoms with Gasteiger partial charge < -0.3 is 10.4 Å². The van der Waals surface area contributed by atoms with E-state index in [1.807, 2.05) is 6.07 Å². The van der Waals surface area contributed by atoms with Gasteiger partial charge in [0.05, 0.1) is 10.0 Å². The number of halogens is 3. The molecule has 0 spiro atoms. The molecule has 2 aromatic rings. The summed E-state index contributed by atoms with van der Waals surface area (Å²) < 4.78 is 0. The fraction of sp³-hybridized carbons (Fsp3) is 0.0769. The van der Waals surface area contributed by atoms with Crippen molar-refractivity contribution in [2.75, 3.05) is 5.32 Å². The highest BCUT2D eigenvalue weighted by molar-refractivity contribution is 6.42. The molecule has 0 bridgehead atoms. The van der Waals surface area contributed by atoms with Crippen LogP contribution < -0.4 is 5.32 Å². The van der Waals surface area contributed by atoms with Gasteiger partial charge in [0.15, 0.2) is 0 Å². The number of rotatable bonds is 3. The summed E-state index contributed by atoms with van der Waals surface area (Å²) in [5.41, 5.74) is 1.45. The number of hydrogen-bond acceptors (Lipinski definition) is 2. The Morgan fingerprint density at radius 2 is 1.72 bits per heavy atom. The molecule has 0 saturated heterocycles. The number of phenols is 1. The predicted molar refractivity (Wildman–Crippen MR) is 76.9 cm³/mol.